The van der Waals surface area contributed by atoms with Crippen LogP contribution < -0.4 is 5.73 Å². The highest BCUT2D eigenvalue weighted by atomic mass is 16.5. The van der Waals surface area contributed by atoms with Gasteiger partial charge in [0.25, 0.3) is 0 Å². The minimum absolute atomic E-state index is 0.0913. The molecule has 0 aromatic carbocycles. The van der Waals surface area contributed by atoms with Crippen molar-refractivity contribution in [1.29, 1.82) is 0 Å². The molecule has 0 spiro atoms. The van der Waals surface area contributed by atoms with Crippen molar-refractivity contribution >= 4 is 11.8 Å². The molecule has 0 saturated carbocycles. The summed E-state index contributed by atoms with van der Waals surface area (Å²) in [5.74, 6) is -0.434. The van der Waals surface area contributed by atoms with E-state index < -0.39 is 5.41 Å². The van der Waals surface area contributed by atoms with Crippen LogP contribution in [-0.4, -0.2) is 56.7 Å². The van der Waals surface area contributed by atoms with E-state index >= 15 is 0 Å². The van der Waals surface area contributed by atoms with Crippen molar-refractivity contribution in [2.75, 3.05) is 40.0 Å². The molecule has 2 saturated heterocycles. The standard InChI is InChI=1S/C14H24N2O4/c1-19-10-14(4-7-20-8-5-14)13(18)16-6-2-3-11(9-16)12(15)17/h11H,2-10H2,1H3,(H2,15,17). The molecule has 0 radical (unpaired) electrons. The minimum Gasteiger partial charge on any atom is -0.384 e. The van der Waals surface area contributed by atoms with E-state index in [1.807, 2.05) is 0 Å². The fraction of sp³-hybridized carbons (Fsp3) is 0.857. The molecule has 2 amide bonds. The van der Waals surface area contributed by atoms with Gasteiger partial charge in [0, 0.05) is 33.4 Å². The molecule has 0 bridgehead atoms. The molecule has 0 aromatic heterocycles. The number of carbonyl (C=O) groups is 2. The van der Waals surface area contributed by atoms with E-state index in [0.29, 0.717) is 45.8 Å². The summed E-state index contributed by atoms with van der Waals surface area (Å²) in [6.07, 6.45) is 2.97. The summed E-state index contributed by atoms with van der Waals surface area (Å²) < 4.78 is 10.6. The van der Waals surface area contributed by atoms with Crippen molar-refractivity contribution < 1.29 is 19.1 Å². The average Bonchev–Trinajstić information content (AvgIpc) is 2.48. The molecule has 0 aromatic rings. The largest absolute Gasteiger partial charge is 0.384 e. The van der Waals surface area contributed by atoms with E-state index in [1.54, 1.807) is 12.0 Å². The summed E-state index contributed by atoms with van der Waals surface area (Å²) in [6.45, 7) is 2.73. The van der Waals surface area contributed by atoms with E-state index in [4.69, 9.17) is 15.2 Å². The number of primary amides is 1. The molecule has 2 N–H and O–H groups in total. The van der Waals surface area contributed by atoms with Crippen molar-refractivity contribution in [1.82, 2.24) is 4.90 Å². The Morgan fingerprint density at radius 2 is 2.10 bits per heavy atom. The Morgan fingerprint density at radius 1 is 1.40 bits per heavy atom. The number of methoxy groups -OCH3 is 1. The van der Waals surface area contributed by atoms with Crippen LogP contribution in [0.25, 0.3) is 0 Å². The van der Waals surface area contributed by atoms with Crippen molar-refractivity contribution in [3.8, 4) is 0 Å². The fourth-order valence-corrected chi connectivity index (χ4v) is 3.19. The second-order valence-corrected chi connectivity index (χ2v) is 5.82. The molecule has 2 aliphatic heterocycles. The van der Waals surface area contributed by atoms with E-state index in [2.05, 4.69) is 0 Å². The maximum Gasteiger partial charge on any atom is 0.231 e. The van der Waals surface area contributed by atoms with Crippen LogP contribution in [0.1, 0.15) is 25.7 Å². The van der Waals surface area contributed by atoms with E-state index in [1.165, 1.54) is 0 Å². The quantitative estimate of drug-likeness (QED) is 0.797. The predicted octanol–water partition coefficient (Wildman–Crippen LogP) is 0.154. The zero-order chi connectivity index (χ0) is 14.6. The number of rotatable bonds is 4. The van der Waals surface area contributed by atoms with Crippen LogP contribution in [0.15, 0.2) is 0 Å². The third-order valence-corrected chi connectivity index (χ3v) is 4.44. The number of hydrogen-bond acceptors (Lipinski definition) is 4. The van der Waals surface area contributed by atoms with Gasteiger partial charge in [-0.3, -0.25) is 9.59 Å². The smallest absolute Gasteiger partial charge is 0.231 e. The molecule has 1 unspecified atom stereocenters. The first-order chi connectivity index (χ1) is 9.59. The number of nitrogens with two attached hydrogens (primary N) is 1. The monoisotopic (exact) mass is 284 g/mol. The lowest BCUT2D eigenvalue weighted by atomic mass is 9.78. The fourth-order valence-electron chi connectivity index (χ4n) is 3.19. The molecular formula is C14H24N2O4. The van der Waals surface area contributed by atoms with Crippen LogP contribution in [-0.2, 0) is 19.1 Å². The van der Waals surface area contributed by atoms with Gasteiger partial charge in [-0.1, -0.05) is 0 Å². The van der Waals surface area contributed by atoms with Gasteiger partial charge in [-0.2, -0.15) is 0 Å². The van der Waals surface area contributed by atoms with Gasteiger partial charge in [-0.15, -0.1) is 0 Å². The zero-order valence-electron chi connectivity index (χ0n) is 12.1. The van der Waals surface area contributed by atoms with E-state index in [-0.39, 0.29) is 17.7 Å². The Balaban J connectivity index is 2.08. The number of piperidine rings is 1. The normalized spacial score (nSPS) is 26.2. The Hall–Kier alpha value is -1.14. The summed E-state index contributed by atoms with van der Waals surface area (Å²) in [6, 6.07) is 0. The Morgan fingerprint density at radius 3 is 2.70 bits per heavy atom. The lowest BCUT2D eigenvalue weighted by molar-refractivity contribution is -0.155. The SMILES string of the molecule is COCC1(C(=O)N2CCCC(C(N)=O)C2)CCOCC1. The topological polar surface area (TPSA) is 81.9 Å². The van der Waals surface area contributed by atoms with Gasteiger partial charge in [0.15, 0.2) is 0 Å². The molecular weight excluding hydrogens is 260 g/mol. The summed E-state index contributed by atoms with van der Waals surface area (Å²) in [7, 11) is 1.62. The highest BCUT2D eigenvalue weighted by molar-refractivity contribution is 5.84. The Kier molecular flexibility index (Phi) is 4.99. The number of hydrogen-bond donors (Lipinski definition) is 1. The lowest BCUT2D eigenvalue weighted by Gasteiger charge is -2.41. The summed E-state index contributed by atoms with van der Waals surface area (Å²) >= 11 is 0. The first kappa shape index (κ1) is 15.3. The number of likely N-dealkylation sites (tertiary alicyclic amines) is 1. The molecule has 20 heavy (non-hydrogen) atoms. The third-order valence-electron chi connectivity index (χ3n) is 4.44. The lowest BCUT2D eigenvalue weighted by Crippen LogP contribution is -2.53. The number of amides is 2. The van der Waals surface area contributed by atoms with Crippen LogP contribution in [0.5, 0.6) is 0 Å². The van der Waals surface area contributed by atoms with Gasteiger partial charge in [0.05, 0.1) is 17.9 Å². The number of nitrogens with zero attached hydrogens (tertiary/aromatic N) is 1. The van der Waals surface area contributed by atoms with Gasteiger partial charge in [-0.05, 0) is 25.7 Å². The molecule has 114 valence electrons. The maximum absolute atomic E-state index is 12.9. The number of carbonyl (C=O) groups excluding carboxylic acids is 2. The van der Waals surface area contributed by atoms with Gasteiger partial charge in [0.1, 0.15) is 0 Å². The molecule has 6 nitrogen and oxygen atoms in total. The molecule has 6 heteroatoms. The average molecular weight is 284 g/mol. The maximum atomic E-state index is 12.9. The van der Waals surface area contributed by atoms with Crippen LogP contribution in [0.4, 0.5) is 0 Å². The highest BCUT2D eigenvalue weighted by Gasteiger charge is 2.44. The highest BCUT2D eigenvalue weighted by Crippen LogP contribution is 2.34. The summed E-state index contributed by atoms with van der Waals surface area (Å²) in [5, 5.41) is 0. The Labute approximate surface area is 119 Å². The van der Waals surface area contributed by atoms with Crippen molar-refractivity contribution in [2.24, 2.45) is 17.1 Å². The first-order valence-electron chi connectivity index (χ1n) is 7.24. The second kappa shape index (κ2) is 6.54. The number of ether oxygens (including phenoxy) is 2. The van der Waals surface area contributed by atoms with Crippen LogP contribution in [0, 0.1) is 11.3 Å². The zero-order valence-corrected chi connectivity index (χ0v) is 12.1. The molecule has 2 heterocycles. The summed E-state index contributed by atoms with van der Waals surface area (Å²) in [4.78, 5) is 26.0. The summed E-state index contributed by atoms with van der Waals surface area (Å²) in [5.41, 5.74) is 4.88. The van der Waals surface area contributed by atoms with E-state index in [9.17, 15) is 9.59 Å². The van der Waals surface area contributed by atoms with E-state index in [0.717, 1.165) is 12.8 Å². The Bertz CT molecular complexity index is 361. The van der Waals surface area contributed by atoms with Gasteiger partial charge >= 0.3 is 0 Å². The molecule has 0 aliphatic carbocycles. The van der Waals surface area contributed by atoms with Gasteiger partial charge < -0.3 is 20.1 Å². The predicted molar refractivity (Wildman–Crippen MR) is 72.9 cm³/mol. The van der Waals surface area contributed by atoms with Crippen molar-refractivity contribution in [2.45, 2.75) is 25.7 Å². The van der Waals surface area contributed by atoms with Gasteiger partial charge in [0.2, 0.25) is 11.8 Å². The van der Waals surface area contributed by atoms with Crippen molar-refractivity contribution in [3.63, 3.8) is 0 Å². The van der Waals surface area contributed by atoms with Crippen LogP contribution >= 0.6 is 0 Å². The molecule has 2 aliphatic rings. The third kappa shape index (κ3) is 3.12. The molecule has 1 atom stereocenters. The first-order valence-corrected chi connectivity index (χ1v) is 7.24. The van der Waals surface area contributed by atoms with Crippen LogP contribution in [0.2, 0.25) is 0 Å². The minimum atomic E-state index is -0.494. The van der Waals surface area contributed by atoms with Gasteiger partial charge in [-0.25, -0.2) is 0 Å². The molecule has 2 fully saturated rings. The molecule has 2 rings (SSSR count). The second-order valence-electron chi connectivity index (χ2n) is 5.82. The van der Waals surface area contributed by atoms with Crippen LogP contribution in [0.3, 0.4) is 0 Å². The van der Waals surface area contributed by atoms with Crippen molar-refractivity contribution in [3.05, 3.63) is 0 Å².